The highest BCUT2D eigenvalue weighted by Crippen LogP contribution is 2.15. The normalized spacial score (nSPS) is 11.2. The highest BCUT2D eigenvalue weighted by molar-refractivity contribution is 5.91. The maximum atomic E-state index is 11.6. The Morgan fingerprint density at radius 3 is 3.10 bits per heavy atom. The fourth-order valence-corrected chi connectivity index (χ4v) is 1.73. The Balaban J connectivity index is 1.62. The number of para-hydroxylation sites is 2. The molecule has 20 heavy (non-hydrogen) atoms. The van der Waals surface area contributed by atoms with Crippen LogP contribution in [0.5, 0.6) is 0 Å². The molecule has 0 saturated carbocycles. The number of hydrogen-bond donors (Lipinski definition) is 2. The Morgan fingerprint density at radius 1 is 1.40 bits per heavy atom. The summed E-state index contributed by atoms with van der Waals surface area (Å²) in [6.07, 6.45) is 6.16. The molecule has 0 spiro atoms. The van der Waals surface area contributed by atoms with E-state index < -0.39 is 0 Å². The number of carbonyl (C=O) groups is 1. The average Bonchev–Trinajstić information content (AvgIpc) is 3.11. The van der Waals surface area contributed by atoms with Gasteiger partial charge in [-0.15, -0.1) is 0 Å². The molecule has 6 nitrogen and oxygen atoms in total. The molecule has 3 rings (SSSR count). The van der Waals surface area contributed by atoms with Crippen LogP contribution in [0.2, 0.25) is 0 Å². The van der Waals surface area contributed by atoms with Gasteiger partial charge in [0, 0.05) is 18.3 Å². The zero-order valence-corrected chi connectivity index (χ0v) is 10.5. The molecule has 0 fully saturated rings. The molecule has 0 aliphatic heterocycles. The van der Waals surface area contributed by atoms with Gasteiger partial charge in [0.15, 0.2) is 5.58 Å². The zero-order valence-electron chi connectivity index (χ0n) is 10.5. The summed E-state index contributed by atoms with van der Waals surface area (Å²) >= 11 is 0. The van der Waals surface area contributed by atoms with Crippen LogP contribution in [0, 0.1) is 0 Å². The van der Waals surface area contributed by atoms with Gasteiger partial charge in [-0.25, -0.2) is 9.97 Å². The van der Waals surface area contributed by atoms with Gasteiger partial charge in [-0.2, -0.15) is 0 Å². The molecular formula is C14H12N4O2. The monoisotopic (exact) mass is 268 g/mol. The van der Waals surface area contributed by atoms with Crippen LogP contribution in [-0.4, -0.2) is 20.9 Å². The first kappa shape index (κ1) is 12.2. The molecule has 2 aromatic heterocycles. The van der Waals surface area contributed by atoms with Gasteiger partial charge < -0.3 is 14.7 Å². The Bertz CT molecular complexity index is 710. The van der Waals surface area contributed by atoms with Crippen molar-refractivity contribution in [3.8, 4) is 0 Å². The quantitative estimate of drug-likeness (QED) is 0.708. The number of nitrogens with one attached hydrogen (secondary N) is 2. The second-order valence-corrected chi connectivity index (χ2v) is 4.15. The first-order valence-corrected chi connectivity index (χ1v) is 6.10. The van der Waals surface area contributed by atoms with Crippen LogP contribution in [0.25, 0.3) is 17.2 Å². The van der Waals surface area contributed by atoms with Crippen molar-refractivity contribution in [3.63, 3.8) is 0 Å². The van der Waals surface area contributed by atoms with Gasteiger partial charge >= 0.3 is 0 Å². The van der Waals surface area contributed by atoms with E-state index in [9.17, 15) is 4.79 Å². The molecule has 2 N–H and O–H groups in total. The van der Waals surface area contributed by atoms with Crippen molar-refractivity contribution in [1.82, 2.24) is 20.3 Å². The topological polar surface area (TPSA) is 83.8 Å². The number of aromatic amines is 1. The van der Waals surface area contributed by atoms with E-state index >= 15 is 0 Å². The van der Waals surface area contributed by atoms with Gasteiger partial charge in [0.25, 0.3) is 0 Å². The van der Waals surface area contributed by atoms with E-state index in [1.165, 1.54) is 6.08 Å². The summed E-state index contributed by atoms with van der Waals surface area (Å²) in [5.74, 6) is 0.185. The van der Waals surface area contributed by atoms with E-state index in [-0.39, 0.29) is 5.91 Å². The number of H-pyrrole nitrogens is 1. The van der Waals surface area contributed by atoms with Crippen molar-refractivity contribution >= 4 is 23.1 Å². The molecule has 0 bridgehead atoms. The molecule has 100 valence electrons. The maximum absolute atomic E-state index is 11.6. The van der Waals surface area contributed by atoms with E-state index in [4.69, 9.17) is 4.42 Å². The minimum Gasteiger partial charge on any atom is -0.437 e. The van der Waals surface area contributed by atoms with Gasteiger partial charge in [-0.05, 0) is 12.1 Å². The summed E-state index contributed by atoms with van der Waals surface area (Å²) in [6, 6.07) is 7.44. The van der Waals surface area contributed by atoms with Gasteiger partial charge in [0.2, 0.25) is 11.8 Å². The van der Waals surface area contributed by atoms with E-state index in [1.807, 2.05) is 24.3 Å². The number of carbonyl (C=O) groups excluding carboxylic acids is 1. The van der Waals surface area contributed by atoms with Crippen molar-refractivity contribution in [2.75, 3.05) is 0 Å². The third-order valence-electron chi connectivity index (χ3n) is 2.70. The van der Waals surface area contributed by atoms with Crippen LogP contribution in [0.1, 0.15) is 11.6 Å². The Hall–Kier alpha value is -2.89. The molecule has 0 atom stereocenters. The van der Waals surface area contributed by atoms with Gasteiger partial charge in [-0.3, -0.25) is 4.79 Å². The SMILES string of the molecule is O=C(C=Cc1nc2ccccc2o1)NCc1cnc[nH]1. The molecule has 1 aromatic carbocycles. The van der Waals surface area contributed by atoms with Gasteiger partial charge in [0.1, 0.15) is 5.52 Å². The van der Waals surface area contributed by atoms with Crippen molar-refractivity contribution < 1.29 is 9.21 Å². The predicted octanol–water partition coefficient (Wildman–Crippen LogP) is 1.88. The lowest BCUT2D eigenvalue weighted by Gasteiger charge is -1.97. The van der Waals surface area contributed by atoms with Crippen LogP contribution < -0.4 is 5.32 Å². The lowest BCUT2D eigenvalue weighted by molar-refractivity contribution is -0.116. The molecule has 0 aliphatic carbocycles. The highest BCUT2D eigenvalue weighted by atomic mass is 16.3. The number of benzene rings is 1. The van der Waals surface area contributed by atoms with Crippen LogP contribution in [0.4, 0.5) is 0 Å². The van der Waals surface area contributed by atoms with Gasteiger partial charge in [-0.1, -0.05) is 12.1 Å². The Kier molecular flexibility index (Phi) is 3.28. The number of imidazole rings is 1. The smallest absolute Gasteiger partial charge is 0.244 e. The number of rotatable bonds is 4. The Morgan fingerprint density at radius 2 is 2.30 bits per heavy atom. The van der Waals surface area contributed by atoms with E-state index in [1.54, 1.807) is 18.6 Å². The molecule has 2 heterocycles. The molecule has 0 radical (unpaired) electrons. The molecule has 0 unspecified atom stereocenters. The molecule has 0 saturated heterocycles. The minimum atomic E-state index is -0.221. The summed E-state index contributed by atoms with van der Waals surface area (Å²) in [4.78, 5) is 22.6. The van der Waals surface area contributed by atoms with Gasteiger partial charge in [0.05, 0.1) is 18.6 Å². The standard InChI is InChI=1S/C14H12N4O2/c19-13(16-8-10-7-15-9-17-10)5-6-14-18-11-3-1-2-4-12(11)20-14/h1-7,9H,8H2,(H,15,17)(H,16,19). The van der Waals surface area contributed by atoms with E-state index in [0.29, 0.717) is 18.0 Å². The summed E-state index contributed by atoms with van der Waals surface area (Å²) in [7, 11) is 0. The third kappa shape index (κ3) is 2.74. The summed E-state index contributed by atoms with van der Waals surface area (Å²) in [5, 5.41) is 2.72. The van der Waals surface area contributed by atoms with Crippen LogP contribution in [0.15, 0.2) is 47.3 Å². The second-order valence-electron chi connectivity index (χ2n) is 4.15. The largest absolute Gasteiger partial charge is 0.437 e. The summed E-state index contributed by atoms with van der Waals surface area (Å²) < 4.78 is 5.47. The van der Waals surface area contributed by atoms with E-state index in [2.05, 4.69) is 20.3 Å². The van der Waals surface area contributed by atoms with E-state index in [0.717, 1.165) is 11.2 Å². The predicted molar refractivity (Wildman–Crippen MR) is 73.5 cm³/mol. The summed E-state index contributed by atoms with van der Waals surface area (Å²) in [5.41, 5.74) is 2.31. The minimum absolute atomic E-state index is 0.221. The van der Waals surface area contributed by atoms with Crippen molar-refractivity contribution in [2.45, 2.75) is 6.54 Å². The number of nitrogens with zero attached hydrogens (tertiary/aromatic N) is 2. The fraction of sp³-hybridized carbons (Fsp3) is 0.0714. The lowest BCUT2D eigenvalue weighted by Crippen LogP contribution is -2.20. The molecule has 6 heteroatoms. The van der Waals surface area contributed by atoms with Crippen molar-refractivity contribution in [2.24, 2.45) is 0 Å². The number of aromatic nitrogens is 3. The molecular weight excluding hydrogens is 256 g/mol. The summed E-state index contributed by atoms with van der Waals surface area (Å²) in [6.45, 7) is 0.400. The maximum Gasteiger partial charge on any atom is 0.244 e. The number of hydrogen-bond acceptors (Lipinski definition) is 4. The second kappa shape index (κ2) is 5.40. The fourth-order valence-electron chi connectivity index (χ4n) is 1.73. The van der Waals surface area contributed by atoms with Crippen LogP contribution in [-0.2, 0) is 11.3 Å². The molecule has 3 aromatic rings. The molecule has 1 amide bonds. The highest BCUT2D eigenvalue weighted by Gasteiger charge is 2.02. The molecule has 0 aliphatic rings. The number of oxazole rings is 1. The van der Waals surface area contributed by atoms with Crippen molar-refractivity contribution in [3.05, 3.63) is 54.5 Å². The third-order valence-corrected chi connectivity index (χ3v) is 2.70. The number of fused-ring (bicyclic) bond motifs is 1. The van der Waals surface area contributed by atoms with Crippen LogP contribution in [0.3, 0.4) is 0 Å². The zero-order chi connectivity index (χ0) is 13.8. The lowest BCUT2D eigenvalue weighted by atomic mass is 10.3. The first-order chi connectivity index (χ1) is 9.81. The van der Waals surface area contributed by atoms with Crippen LogP contribution >= 0.6 is 0 Å². The Labute approximate surface area is 114 Å². The average molecular weight is 268 g/mol. The van der Waals surface area contributed by atoms with Crippen molar-refractivity contribution in [1.29, 1.82) is 0 Å². The number of amides is 1. The first-order valence-electron chi connectivity index (χ1n) is 6.10.